The standard InChI is InChI=1S/C31H42N6O7S2.C26H34N6O5S2/c1-9-42-29(40)37-46(8,41)21-14-12-20(13-15-21)34-27-33-19-22(24-11-10-18-45-24)25(36-27)32-17-16-23(26(38)43-30(2,3)4)35-28(39)44-31(5,6)7;1-6-36-25(34)32-39(5,35)18-11-9-17(10-12-18)30-24-29-16-19(21-8-7-15-38-21)22(31-24)28-14-13-20(27)23(33)37-26(2,3)4/h10-15,18-19,23H,9,16-17H2,1-8H3,(H,35,39)(H2,32,33,34,36);7-12,15-16,20H,6,13-14,27H2,1-5H3,(H2,28,29,30,31)/t23-,46?;20-,39?/m00/s1. The van der Waals surface area contributed by atoms with Crippen LogP contribution in [0.5, 0.6) is 0 Å². The number of nitrogens with zero attached hydrogens (tertiary/aromatic N) is 6. The van der Waals surface area contributed by atoms with Gasteiger partial charge in [0.2, 0.25) is 11.9 Å². The molecule has 0 spiro atoms. The van der Waals surface area contributed by atoms with E-state index in [1.165, 1.54) is 23.8 Å². The number of amides is 3. The Balaban J connectivity index is 0.000000315. The van der Waals surface area contributed by atoms with Gasteiger partial charge in [-0.2, -0.15) is 9.97 Å². The first-order valence-electron chi connectivity index (χ1n) is 26.9. The van der Waals surface area contributed by atoms with Gasteiger partial charge in [0.1, 0.15) is 40.5 Å². The number of ether oxygens (including phenoxy) is 5. The van der Waals surface area contributed by atoms with Crippen molar-refractivity contribution >= 4 is 107 Å². The predicted octanol–water partition coefficient (Wildman–Crippen LogP) is 11.6. The molecule has 0 aliphatic rings. The van der Waals surface area contributed by atoms with Crippen LogP contribution in [0.15, 0.2) is 114 Å². The van der Waals surface area contributed by atoms with E-state index in [1.807, 2.05) is 35.0 Å². The minimum absolute atomic E-state index is 0.135. The zero-order chi connectivity index (χ0) is 62.8. The molecule has 0 radical (unpaired) electrons. The average Bonchev–Trinajstić information content (AvgIpc) is 4.39. The summed E-state index contributed by atoms with van der Waals surface area (Å²) in [6.45, 7) is 20.1. The molecule has 4 aromatic heterocycles. The Morgan fingerprint density at radius 3 is 1.36 bits per heavy atom. The molecular formula is C57H76N12O12S4. The summed E-state index contributed by atoms with van der Waals surface area (Å²) in [4.78, 5) is 82.0. The number of alkyl carbamates (subject to hydrolysis) is 1. The summed E-state index contributed by atoms with van der Waals surface area (Å²) in [7, 11) is -5.95. The average molecular weight is 1250 g/mol. The van der Waals surface area contributed by atoms with Crippen molar-refractivity contribution in [1.82, 2.24) is 25.3 Å². The molecule has 0 saturated heterocycles. The van der Waals surface area contributed by atoms with Crippen LogP contribution in [-0.2, 0) is 52.7 Å². The Morgan fingerprint density at radius 1 is 0.588 bits per heavy atom. The Bertz CT molecular complexity index is 3470. The molecule has 460 valence electrons. The lowest BCUT2D eigenvalue weighted by Crippen LogP contribution is -2.46. The van der Waals surface area contributed by atoms with Gasteiger partial charge < -0.3 is 56.0 Å². The van der Waals surface area contributed by atoms with Gasteiger partial charge in [-0.3, -0.25) is 4.79 Å². The fraction of sp³-hybridized carbons (Fsp3) is 0.421. The van der Waals surface area contributed by atoms with Crippen LogP contribution < -0.4 is 32.3 Å². The number of nitrogens with two attached hydrogens (primary N) is 1. The van der Waals surface area contributed by atoms with Crippen LogP contribution in [0.3, 0.4) is 0 Å². The topological polar surface area (TPSA) is 328 Å². The number of aromatic nitrogens is 4. The number of thiophene rings is 2. The highest BCUT2D eigenvalue weighted by Gasteiger charge is 2.29. The zero-order valence-electron chi connectivity index (χ0n) is 49.9. The molecular weight excluding hydrogens is 1170 g/mol. The number of esters is 2. The van der Waals surface area contributed by atoms with Crippen molar-refractivity contribution in [2.45, 2.75) is 128 Å². The zero-order valence-corrected chi connectivity index (χ0v) is 53.2. The van der Waals surface area contributed by atoms with Crippen molar-refractivity contribution in [3.05, 3.63) is 96.0 Å². The fourth-order valence-electron chi connectivity index (χ4n) is 7.16. The summed E-state index contributed by atoms with van der Waals surface area (Å²) < 4.78 is 59.0. The van der Waals surface area contributed by atoms with E-state index in [1.54, 1.807) is 148 Å². The van der Waals surface area contributed by atoms with Crippen molar-refractivity contribution < 1.29 is 56.1 Å². The molecule has 4 heterocycles. The van der Waals surface area contributed by atoms with Crippen molar-refractivity contribution in [3.8, 4) is 20.9 Å². The quantitative estimate of drug-likeness (QED) is 0.0288. The summed E-state index contributed by atoms with van der Waals surface area (Å²) >= 11 is 3.07. The summed E-state index contributed by atoms with van der Waals surface area (Å²) in [5.74, 6) is 0.643. The largest absolute Gasteiger partial charge is 0.459 e. The van der Waals surface area contributed by atoms with E-state index >= 15 is 0 Å². The van der Waals surface area contributed by atoms with Crippen LogP contribution in [0, 0.1) is 0 Å². The smallest absolute Gasteiger partial charge is 0.442 e. The molecule has 6 aromatic rings. The minimum atomic E-state index is -2.99. The lowest BCUT2D eigenvalue weighted by molar-refractivity contribution is -0.158. The first-order chi connectivity index (χ1) is 39.8. The van der Waals surface area contributed by atoms with E-state index in [-0.39, 0.29) is 32.1 Å². The van der Waals surface area contributed by atoms with Crippen LogP contribution in [0.2, 0.25) is 0 Å². The number of nitrogens with one attached hydrogen (secondary N) is 5. The van der Waals surface area contributed by atoms with Crippen molar-refractivity contribution in [1.29, 1.82) is 0 Å². The maximum Gasteiger partial charge on any atom is 0.442 e. The van der Waals surface area contributed by atoms with Crippen LogP contribution >= 0.6 is 22.7 Å². The molecule has 0 fully saturated rings. The molecule has 0 saturated carbocycles. The van der Waals surface area contributed by atoms with E-state index in [0.29, 0.717) is 51.7 Å². The first kappa shape index (κ1) is 68.0. The van der Waals surface area contributed by atoms with Gasteiger partial charge in [-0.05, 0) is 160 Å². The number of anilines is 6. The number of carbonyl (C=O) groups excluding carboxylic acids is 5. The van der Waals surface area contributed by atoms with Crippen LogP contribution in [0.1, 0.15) is 89.0 Å². The highest BCUT2D eigenvalue weighted by Crippen LogP contribution is 2.33. The molecule has 85 heavy (non-hydrogen) atoms. The number of benzene rings is 2. The molecule has 0 aliphatic carbocycles. The molecule has 7 N–H and O–H groups in total. The van der Waals surface area contributed by atoms with Gasteiger partial charge in [-0.1, -0.05) is 12.1 Å². The maximum atomic E-state index is 13.0. The second-order valence-electron chi connectivity index (χ2n) is 21.7. The van der Waals surface area contributed by atoms with Crippen molar-refractivity contribution in [2.75, 3.05) is 60.1 Å². The Kier molecular flexibility index (Phi) is 24.3. The molecule has 24 nitrogen and oxygen atoms in total. The van der Waals surface area contributed by atoms with Crippen molar-refractivity contribution in [3.63, 3.8) is 0 Å². The van der Waals surface area contributed by atoms with Gasteiger partial charge in [0.15, 0.2) is 0 Å². The SMILES string of the molecule is CCOC(=O)N=S(C)(=O)c1ccc(Nc2ncc(-c3cccs3)c(NCC[C@H](N)C(=O)OC(C)(C)C)n2)cc1.CCOC(=O)N=S(C)(=O)c1ccc(Nc2ncc(-c3cccs3)c(NCC[C@H](NC(=O)OC(C)(C)C)C(=O)OC(C)(C)C)n2)cc1. The normalized spacial score (nSPS) is 13.5. The Morgan fingerprint density at radius 2 is 0.988 bits per heavy atom. The second kappa shape index (κ2) is 30.3. The molecule has 28 heteroatoms. The summed E-state index contributed by atoms with van der Waals surface area (Å²) in [6, 6.07) is 19.2. The highest BCUT2D eigenvalue weighted by atomic mass is 32.2. The molecule has 0 aliphatic heterocycles. The Labute approximate surface area is 504 Å². The monoisotopic (exact) mass is 1250 g/mol. The van der Waals surface area contributed by atoms with Crippen molar-refractivity contribution in [2.24, 2.45) is 14.5 Å². The first-order valence-corrected chi connectivity index (χ1v) is 32.5. The van der Waals surface area contributed by atoms with Crippen LogP contribution in [0.4, 0.5) is 49.3 Å². The van der Waals surface area contributed by atoms with E-state index in [9.17, 15) is 32.4 Å². The van der Waals surface area contributed by atoms with Gasteiger partial charge in [0.25, 0.3) is 0 Å². The fourth-order valence-corrected chi connectivity index (χ4v) is 10.8. The number of hydrogen-bond acceptors (Lipinski definition) is 23. The number of carbonyl (C=O) groups is 5. The molecule has 2 unspecified atom stereocenters. The van der Waals surface area contributed by atoms with Gasteiger partial charge >= 0.3 is 30.2 Å². The van der Waals surface area contributed by atoms with E-state index in [4.69, 9.17) is 29.4 Å². The highest BCUT2D eigenvalue weighted by molar-refractivity contribution is 7.93. The lowest BCUT2D eigenvalue weighted by Gasteiger charge is -2.26. The third-order valence-corrected chi connectivity index (χ3v) is 15.9. The molecule has 2 aromatic carbocycles. The Hall–Kier alpha value is -7.79. The molecule has 6 rings (SSSR count). The molecule has 0 bridgehead atoms. The van der Waals surface area contributed by atoms with Gasteiger partial charge in [-0.15, -0.1) is 31.4 Å². The molecule has 4 atom stereocenters. The third-order valence-electron chi connectivity index (χ3n) is 10.8. The van der Waals surface area contributed by atoms with Gasteiger partial charge in [0, 0.05) is 68.9 Å². The molecule has 3 amide bonds. The minimum Gasteiger partial charge on any atom is -0.459 e. The van der Waals surface area contributed by atoms with Gasteiger partial charge in [-0.25, -0.2) is 37.6 Å². The number of rotatable bonds is 21. The van der Waals surface area contributed by atoms with E-state index < -0.39 is 78.6 Å². The number of hydrogen-bond donors (Lipinski definition) is 6. The lowest BCUT2D eigenvalue weighted by atomic mass is 10.1. The third kappa shape index (κ3) is 23.0. The van der Waals surface area contributed by atoms with E-state index in [2.05, 4.69) is 55.2 Å². The van der Waals surface area contributed by atoms with E-state index in [0.717, 1.165) is 20.9 Å². The summed E-state index contributed by atoms with van der Waals surface area (Å²) in [6.07, 6.45) is 4.20. The van der Waals surface area contributed by atoms with Crippen LogP contribution in [-0.4, -0.2) is 126 Å². The van der Waals surface area contributed by atoms with Gasteiger partial charge in [0.05, 0.1) is 43.8 Å². The second-order valence-corrected chi connectivity index (χ2v) is 28.1. The van der Waals surface area contributed by atoms with Crippen LogP contribution in [0.25, 0.3) is 20.9 Å². The summed E-state index contributed by atoms with van der Waals surface area (Å²) in [5.41, 5.74) is 6.74. The maximum absolute atomic E-state index is 13.0. The predicted molar refractivity (Wildman–Crippen MR) is 333 cm³/mol. The summed E-state index contributed by atoms with van der Waals surface area (Å²) in [5, 5.41) is 19.3.